The van der Waals surface area contributed by atoms with Gasteiger partial charge in [-0.1, -0.05) is 0 Å². The van der Waals surface area contributed by atoms with Crippen molar-refractivity contribution >= 4 is 18.2 Å². The lowest BCUT2D eigenvalue weighted by molar-refractivity contribution is -0.122. The van der Waals surface area contributed by atoms with Crippen LogP contribution in [0.4, 0.5) is 0 Å². The Hall–Kier alpha value is -0.120. The van der Waals surface area contributed by atoms with Crippen molar-refractivity contribution in [2.75, 3.05) is 6.54 Å². The number of nitrogens with one attached hydrogen (secondary N) is 2. The number of hydrogen-bond donors (Lipinski definition) is 2. The molecule has 2 aliphatic rings. The molecule has 3 nitrogen and oxygen atoms in total. The molecule has 0 bridgehead atoms. The summed E-state index contributed by atoms with van der Waals surface area (Å²) < 4.78 is 0. The maximum absolute atomic E-state index is 11.3. The fraction of sp³-hybridized carbons (Fsp3) is 0.857. The van der Waals surface area contributed by atoms with Gasteiger partial charge in [0.25, 0.3) is 0 Å². The van der Waals surface area contributed by atoms with Gasteiger partial charge in [-0.2, -0.15) is 0 Å². The molecule has 1 aliphatic heterocycles. The second-order valence-electron chi connectivity index (χ2n) is 3.16. The summed E-state index contributed by atoms with van der Waals surface area (Å²) in [6, 6.07) is 0. The van der Waals surface area contributed by atoms with Crippen LogP contribution in [-0.4, -0.2) is 17.9 Å². The van der Waals surface area contributed by atoms with Crippen LogP contribution in [-0.2, 0) is 4.79 Å². The number of hydrazine groups is 1. The van der Waals surface area contributed by atoms with Gasteiger partial charge in [0.1, 0.15) is 0 Å². The van der Waals surface area contributed by atoms with Crippen LogP contribution in [0.3, 0.4) is 0 Å². The first-order chi connectivity index (χ1) is 4.83. The SMILES string of the molecule is Cl.O=C1CCCC12CCNN2. The third-order valence-electron chi connectivity index (χ3n) is 2.55. The highest BCUT2D eigenvalue weighted by atomic mass is 35.5. The Kier molecular flexibility index (Phi) is 2.52. The molecule has 1 spiro atoms. The molecular formula is C7H13ClN2O. The van der Waals surface area contributed by atoms with Gasteiger partial charge in [-0.3, -0.25) is 10.2 Å². The quantitative estimate of drug-likeness (QED) is 0.562. The van der Waals surface area contributed by atoms with E-state index in [0.29, 0.717) is 5.78 Å². The number of halogens is 1. The van der Waals surface area contributed by atoms with Gasteiger partial charge in [0.15, 0.2) is 5.78 Å². The first-order valence-electron chi connectivity index (χ1n) is 3.87. The van der Waals surface area contributed by atoms with E-state index in [2.05, 4.69) is 10.9 Å². The zero-order chi connectivity index (χ0) is 7.03. The molecule has 1 atom stereocenters. The molecule has 2 N–H and O–H groups in total. The van der Waals surface area contributed by atoms with Crippen molar-refractivity contribution < 1.29 is 4.79 Å². The van der Waals surface area contributed by atoms with Crippen molar-refractivity contribution in [2.45, 2.75) is 31.2 Å². The topological polar surface area (TPSA) is 41.1 Å². The van der Waals surface area contributed by atoms with Crippen LogP contribution < -0.4 is 10.9 Å². The van der Waals surface area contributed by atoms with Gasteiger partial charge in [0.05, 0.1) is 5.54 Å². The molecule has 0 aromatic heterocycles. The Morgan fingerprint density at radius 3 is 2.64 bits per heavy atom. The molecule has 0 aromatic rings. The highest BCUT2D eigenvalue weighted by Gasteiger charge is 2.43. The monoisotopic (exact) mass is 176 g/mol. The summed E-state index contributed by atoms with van der Waals surface area (Å²) in [7, 11) is 0. The van der Waals surface area contributed by atoms with E-state index in [1.807, 2.05) is 0 Å². The van der Waals surface area contributed by atoms with E-state index in [-0.39, 0.29) is 17.9 Å². The molecule has 1 saturated carbocycles. The molecular weight excluding hydrogens is 164 g/mol. The van der Waals surface area contributed by atoms with Crippen LogP contribution in [0.1, 0.15) is 25.7 Å². The molecule has 0 radical (unpaired) electrons. The average molecular weight is 177 g/mol. The maximum atomic E-state index is 11.3. The number of hydrogen-bond acceptors (Lipinski definition) is 3. The minimum absolute atomic E-state index is 0. The molecule has 1 heterocycles. The predicted molar refractivity (Wildman–Crippen MR) is 44.6 cm³/mol. The molecule has 0 amide bonds. The fourth-order valence-electron chi connectivity index (χ4n) is 1.90. The molecule has 2 fully saturated rings. The number of Topliss-reactive ketones (excluding diaryl/α,β-unsaturated/α-hetero) is 1. The van der Waals surface area contributed by atoms with Crippen molar-refractivity contribution in [3.63, 3.8) is 0 Å². The first-order valence-corrected chi connectivity index (χ1v) is 3.87. The normalized spacial score (nSPS) is 36.2. The average Bonchev–Trinajstić information content (AvgIpc) is 2.48. The van der Waals surface area contributed by atoms with Gasteiger partial charge in [-0.05, 0) is 19.3 Å². The summed E-state index contributed by atoms with van der Waals surface area (Å²) in [5.74, 6) is 0.400. The zero-order valence-corrected chi connectivity index (χ0v) is 7.17. The van der Waals surface area contributed by atoms with Gasteiger partial charge in [0, 0.05) is 13.0 Å². The van der Waals surface area contributed by atoms with Crippen molar-refractivity contribution in [3.8, 4) is 0 Å². The highest BCUT2D eigenvalue weighted by molar-refractivity contribution is 5.90. The Labute approximate surface area is 72.3 Å². The van der Waals surface area contributed by atoms with Gasteiger partial charge >= 0.3 is 0 Å². The summed E-state index contributed by atoms with van der Waals surface area (Å²) in [6.07, 6.45) is 3.84. The minimum atomic E-state index is -0.153. The van der Waals surface area contributed by atoms with Crippen molar-refractivity contribution in [1.82, 2.24) is 10.9 Å². The Morgan fingerprint density at radius 1 is 1.36 bits per heavy atom. The summed E-state index contributed by atoms with van der Waals surface area (Å²) >= 11 is 0. The third kappa shape index (κ3) is 1.28. The third-order valence-corrected chi connectivity index (χ3v) is 2.55. The summed E-state index contributed by atoms with van der Waals surface area (Å²) in [5, 5.41) is 0. The smallest absolute Gasteiger partial charge is 0.154 e. The van der Waals surface area contributed by atoms with E-state index < -0.39 is 0 Å². The molecule has 1 saturated heterocycles. The van der Waals surface area contributed by atoms with Crippen LogP contribution >= 0.6 is 12.4 Å². The second-order valence-corrected chi connectivity index (χ2v) is 3.16. The lowest BCUT2D eigenvalue weighted by Crippen LogP contribution is -2.46. The summed E-state index contributed by atoms with van der Waals surface area (Å²) in [6.45, 7) is 0.936. The van der Waals surface area contributed by atoms with Gasteiger partial charge < -0.3 is 0 Å². The van der Waals surface area contributed by atoms with Crippen LogP contribution in [0, 0.1) is 0 Å². The van der Waals surface area contributed by atoms with Crippen LogP contribution in [0.25, 0.3) is 0 Å². The Balaban J connectivity index is 0.000000605. The minimum Gasteiger partial charge on any atom is -0.298 e. The van der Waals surface area contributed by atoms with E-state index in [1.165, 1.54) is 0 Å². The lowest BCUT2D eigenvalue weighted by Gasteiger charge is -2.19. The number of carbonyl (C=O) groups is 1. The largest absolute Gasteiger partial charge is 0.298 e. The van der Waals surface area contributed by atoms with E-state index in [4.69, 9.17) is 0 Å². The van der Waals surface area contributed by atoms with Gasteiger partial charge in [-0.15, -0.1) is 12.4 Å². The number of ketones is 1. The Morgan fingerprint density at radius 2 is 2.18 bits per heavy atom. The molecule has 2 rings (SSSR count). The molecule has 1 unspecified atom stereocenters. The van der Waals surface area contributed by atoms with Gasteiger partial charge in [0.2, 0.25) is 0 Å². The molecule has 64 valence electrons. The highest BCUT2D eigenvalue weighted by Crippen LogP contribution is 2.30. The molecule has 11 heavy (non-hydrogen) atoms. The van der Waals surface area contributed by atoms with Crippen molar-refractivity contribution in [2.24, 2.45) is 0 Å². The van der Waals surface area contributed by atoms with E-state index in [0.717, 1.165) is 32.2 Å². The fourth-order valence-corrected chi connectivity index (χ4v) is 1.90. The van der Waals surface area contributed by atoms with Crippen LogP contribution in [0.2, 0.25) is 0 Å². The second kappa shape index (κ2) is 3.09. The maximum Gasteiger partial charge on any atom is 0.154 e. The first kappa shape index (κ1) is 8.97. The van der Waals surface area contributed by atoms with E-state index >= 15 is 0 Å². The Bertz CT molecular complexity index is 160. The van der Waals surface area contributed by atoms with Crippen LogP contribution in [0.15, 0.2) is 0 Å². The van der Waals surface area contributed by atoms with E-state index in [9.17, 15) is 4.79 Å². The number of carbonyl (C=O) groups excluding carboxylic acids is 1. The van der Waals surface area contributed by atoms with E-state index in [1.54, 1.807) is 0 Å². The molecule has 4 heteroatoms. The summed E-state index contributed by atoms with van der Waals surface area (Å²) in [5.41, 5.74) is 5.94. The standard InChI is InChI=1S/C7H12N2O.ClH/c10-6-2-1-3-7(6)4-5-8-9-7;/h8-9H,1-5H2;1H. The number of rotatable bonds is 0. The van der Waals surface area contributed by atoms with Crippen molar-refractivity contribution in [3.05, 3.63) is 0 Å². The predicted octanol–water partition coefficient (Wildman–Crippen LogP) is 0.398. The summed E-state index contributed by atoms with van der Waals surface area (Å²) in [4.78, 5) is 11.3. The van der Waals surface area contributed by atoms with Gasteiger partial charge in [-0.25, -0.2) is 5.43 Å². The zero-order valence-electron chi connectivity index (χ0n) is 6.35. The lowest BCUT2D eigenvalue weighted by atomic mass is 9.95. The molecule has 0 aromatic carbocycles. The molecule has 1 aliphatic carbocycles. The van der Waals surface area contributed by atoms with Crippen molar-refractivity contribution in [1.29, 1.82) is 0 Å². The van der Waals surface area contributed by atoms with Crippen LogP contribution in [0.5, 0.6) is 0 Å².